The van der Waals surface area contributed by atoms with E-state index in [4.69, 9.17) is 5.10 Å². The Labute approximate surface area is 128 Å². The Morgan fingerprint density at radius 1 is 1.24 bits per heavy atom. The van der Waals surface area contributed by atoms with Crippen LogP contribution in [0, 0.1) is 11.3 Å². The molecule has 0 fully saturated rings. The number of para-hydroxylation sites is 1. The predicted octanol–water partition coefficient (Wildman–Crippen LogP) is 3.87. The third-order valence-corrected chi connectivity index (χ3v) is 3.84. The van der Waals surface area contributed by atoms with Gasteiger partial charge in [-0.05, 0) is 37.3 Å². The molecule has 0 bridgehead atoms. The molecule has 21 heavy (non-hydrogen) atoms. The van der Waals surface area contributed by atoms with Crippen molar-refractivity contribution in [2.24, 2.45) is 11.3 Å². The summed E-state index contributed by atoms with van der Waals surface area (Å²) in [5, 5.41) is 9.71. The predicted molar refractivity (Wildman–Crippen MR) is 90.6 cm³/mol. The minimum absolute atomic E-state index is 0.213. The Balaban J connectivity index is 2.15. The van der Waals surface area contributed by atoms with E-state index < -0.39 is 0 Å². The summed E-state index contributed by atoms with van der Waals surface area (Å²) in [7, 11) is 0. The molecule has 1 N–H and O–H groups in total. The zero-order valence-electron chi connectivity index (χ0n) is 14.1. The van der Waals surface area contributed by atoms with Gasteiger partial charge in [0, 0.05) is 18.5 Å². The van der Waals surface area contributed by atoms with E-state index in [0.29, 0.717) is 5.92 Å². The van der Waals surface area contributed by atoms with Crippen LogP contribution in [0.25, 0.3) is 10.9 Å². The van der Waals surface area contributed by atoms with Crippen LogP contribution in [0.15, 0.2) is 24.3 Å². The zero-order valence-corrected chi connectivity index (χ0v) is 14.1. The number of aromatic nitrogens is 2. The van der Waals surface area contributed by atoms with E-state index >= 15 is 0 Å². The van der Waals surface area contributed by atoms with E-state index in [2.05, 4.69) is 68.9 Å². The van der Waals surface area contributed by atoms with E-state index in [9.17, 15) is 0 Å². The molecule has 1 aromatic heterocycles. The van der Waals surface area contributed by atoms with Gasteiger partial charge in [-0.3, -0.25) is 4.68 Å². The van der Waals surface area contributed by atoms with Crippen LogP contribution >= 0.6 is 0 Å². The largest absolute Gasteiger partial charge is 0.316 e. The van der Waals surface area contributed by atoms with Gasteiger partial charge >= 0.3 is 0 Å². The Hall–Kier alpha value is -1.35. The van der Waals surface area contributed by atoms with Gasteiger partial charge in [0.1, 0.15) is 0 Å². The summed E-state index contributed by atoms with van der Waals surface area (Å²) in [4.78, 5) is 0. The maximum absolute atomic E-state index is 4.83. The Morgan fingerprint density at radius 3 is 2.62 bits per heavy atom. The van der Waals surface area contributed by atoms with Crippen LogP contribution in [0.4, 0.5) is 0 Å². The first kappa shape index (κ1) is 16.0. The third kappa shape index (κ3) is 4.07. The lowest BCUT2D eigenvalue weighted by Gasteiger charge is -2.25. The molecule has 0 amide bonds. The summed E-state index contributed by atoms with van der Waals surface area (Å²) in [6.07, 6.45) is 1.01. The quantitative estimate of drug-likeness (QED) is 0.837. The van der Waals surface area contributed by atoms with Crippen molar-refractivity contribution in [3.05, 3.63) is 30.0 Å². The molecule has 0 atom stereocenters. The number of aryl methyl sites for hydroxylation is 1. The number of nitrogens with one attached hydrogen (secondary N) is 1. The van der Waals surface area contributed by atoms with Gasteiger partial charge in [-0.1, -0.05) is 45.9 Å². The molecule has 0 unspecified atom stereocenters. The molecule has 2 aromatic rings. The molecular formula is C18H29N3. The molecule has 3 heteroatoms. The Morgan fingerprint density at radius 2 is 1.95 bits per heavy atom. The van der Waals surface area contributed by atoms with E-state index in [1.807, 2.05) is 0 Å². The lowest BCUT2D eigenvalue weighted by Crippen LogP contribution is -2.33. The van der Waals surface area contributed by atoms with Crippen LogP contribution in [0.3, 0.4) is 0 Å². The molecular weight excluding hydrogens is 258 g/mol. The van der Waals surface area contributed by atoms with Crippen LogP contribution in [-0.2, 0) is 13.0 Å². The van der Waals surface area contributed by atoms with Gasteiger partial charge in [-0.2, -0.15) is 5.10 Å². The average Bonchev–Trinajstić information content (AvgIpc) is 2.76. The highest BCUT2D eigenvalue weighted by molar-refractivity contribution is 5.82. The van der Waals surface area contributed by atoms with Gasteiger partial charge in [0.25, 0.3) is 0 Å². The topological polar surface area (TPSA) is 29.9 Å². The zero-order chi connectivity index (χ0) is 15.5. The first-order chi connectivity index (χ1) is 9.93. The van der Waals surface area contributed by atoms with Crippen LogP contribution in [0.1, 0.15) is 40.3 Å². The average molecular weight is 287 g/mol. The van der Waals surface area contributed by atoms with Gasteiger partial charge < -0.3 is 5.32 Å². The van der Waals surface area contributed by atoms with E-state index in [-0.39, 0.29) is 5.41 Å². The van der Waals surface area contributed by atoms with Crippen molar-refractivity contribution in [3.63, 3.8) is 0 Å². The van der Waals surface area contributed by atoms with Gasteiger partial charge in [-0.25, -0.2) is 0 Å². The van der Waals surface area contributed by atoms with Gasteiger partial charge in [0.15, 0.2) is 0 Å². The van der Waals surface area contributed by atoms with Crippen LogP contribution in [0.5, 0.6) is 0 Å². The maximum Gasteiger partial charge on any atom is 0.0709 e. The summed E-state index contributed by atoms with van der Waals surface area (Å²) in [5.74, 6) is 0.695. The molecule has 2 rings (SSSR count). The smallest absolute Gasteiger partial charge is 0.0709 e. The van der Waals surface area contributed by atoms with Crippen molar-refractivity contribution in [2.75, 3.05) is 13.1 Å². The van der Waals surface area contributed by atoms with Crippen molar-refractivity contribution in [1.82, 2.24) is 15.1 Å². The SMILES string of the molecule is CCn1nc(CC(C)(C)CNCC(C)C)c2ccccc21. The van der Waals surface area contributed by atoms with Crippen molar-refractivity contribution < 1.29 is 0 Å². The third-order valence-electron chi connectivity index (χ3n) is 3.84. The Bertz CT molecular complexity index is 581. The lowest BCUT2D eigenvalue weighted by atomic mass is 9.87. The molecule has 0 aliphatic carbocycles. The molecule has 0 aliphatic heterocycles. The second kappa shape index (κ2) is 6.61. The number of rotatable bonds is 7. The maximum atomic E-state index is 4.83. The minimum Gasteiger partial charge on any atom is -0.316 e. The molecule has 0 radical (unpaired) electrons. The highest BCUT2D eigenvalue weighted by Gasteiger charge is 2.22. The molecule has 0 aliphatic rings. The first-order valence-electron chi connectivity index (χ1n) is 8.08. The van der Waals surface area contributed by atoms with Crippen LogP contribution in [-0.4, -0.2) is 22.9 Å². The minimum atomic E-state index is 0.213. The summed E-state index contributed by atoms with van der Waals surface area (Å²) >= 11 is 0. The summed E-state index contributed by atoms with van der Waals surface area (Å²) in [5.41, 5.74) is 2.69. The van der Waals surface area contributed by atoms with Crippen LogP contribution in [0.2, 0.25) is 0 Å². The molecule has 1 heterocycles. The van der Waals surface area contributed by atoms with Crippen molar-refractivity contribution >= 4 is 10.9 Å². The van der Waals surface area contributed by atoms with Gasteiger partial charge in [-0.15, -0.1) is 0 Å². The lowest BCUT2D eigenvalue weighted by molar-refractivity contribution is 0.327. The molecule has 3 nitrogen and oxygen atoms in total. The number of hydrogen-bond acceptors (Lipinski definition) is 2. The van der Waals surface area contributed by atoms with E-state index in [1.54, 1.807) is 0 Å². The van der Waals surface area contributed by atoms with E-state index in [1.165, 1.54) is 16.6 Å². The summed E-state index contributed by atoms with van der Waals surface area (Å²) in [6, 6.07) is 8.56. The van der Waals surface area contributed by atoms with Crippen molar-refractivity contribution in [1.29, 1.82) is 0 Å². The van der Waals surface area contributed by atoms with Crippen LogP contribution < -0.4 is 5.32 Å². The van der Waals surface area contributed by atoms with Gasteiger partial charge in [0.2, 0.25) is 0 Å². The fourth-order valence-corrected chi connectivity index (χ4v) is 2.78. The first-order valence-corrected chi connectivity index (χ1v) is 8.08. The molecule has 116 valence electrons. The standard InChI is InChI=1S/C18H29N3/c1-6-21-17-10-8-7-9-15(17)16(20-21)11-18(4,5)13-19-12-14(2)3/h7-10,14,19H,6,11-13H2,1-5H3. The second-order valence-corrected chi connectivity index (χ2v) is 7.15. The fraction of sp³-hybridized carbons (Fsp3) is 0.611. The van der Waals surface area contributed by atoms with Gasteiger partial charge in [0.05, 0.1) is 11.2 Å². The molecule has 0 saturated heterocycles. The molecule has 0 spiro atoms. The fourth-order valence-electron chi connectivity index (χ4n) is 2.78. The number of benzene rings is 1. The van der Waals surface area contributed by atoms with E-state index in [0.717, 1.165) is 26.1 Å². The molecule has 0 saturated carbocycles. The highest BCUT2D eigenvalue weighted by atomic mass is 15.3. The Kier molecular flexibility index (Phi) is 5.04. The monoisotopic (exact) mass is 287 g/mol. The summed E-state index contributed by atoms with van der Waals surface area (Å²) < 4.78 is 2.11. The second-order valence-electron chi connectivity index (χ2n) is 7.15. The normalized spacial score (nSPS) is 12.5. The number of nitrogens with zero attached hydrogens (tertiary/aromatic N) is 2. The van der Waals surface area contributed by atoms with Crippen molar-refractivity contribution in [3.8, 4) is 0 Å². The highest BCUT2D eigenvalue weighted by Crippen LogP contribution is 2.26. The number of hydrogen-bond donors (Lipinski definition) is 1. The number of fused-ring (bicyclic) bond motifs is 1. The molecule has 1 aromatic carbocycles. The van der Waals surface area contributed by atoms with Crippen molar-refractivity contribution in [2.45, 2.75) is 47.6 Å². The summed E-state index contributed by atoms with van der Waals surface area (Å²) in [6.45, 7) is 14.3.